The van der Waals surface area contributed by atoms with Crippen molar-refractivity contribution in [1.82, 2.24) is 0 Å². The van der Waals surface area contributed by atoms with Crippen molar-refractivity contribution in [2.75, 3.05) is 0 Å². The predicted molar refractivity (Wildman–Crippen MR) is 108 cm³/mol. The molecule has 0 aliphatic heterocycles. The van der Waals surface area contributed by atoms with Crippen LogP contribution in [0.15, 0.2) is 18.2 Å². The summed E-state index contributed by atoms with van der Waals surface area (Å²) in [6.07, 6.45) is 6.15. The molecule has 158 valence electrons. The van der Waals surface area contributed by atoms with Crippen LogP contribution in [0.25, 0.3) is 0 Å². The molecule has 0 radical (unpaired) electrons. The number of aromatic hydroxyl groups is 1. The van der Waals surface area contributed by atoms with E-state index in [-0.39, 0.29) is 24.4 Å². The molecule has 5 atom stereocenters. The first-order valence-electron chi connectivity index (χ1n) is 10.7. The molecule has 3 N–H and O–H groups in total. The van der Waals surface area contributed by atoms with E-state index in [2.05, 4.69) is 13.0 Å². The Labute approximate surface area is 171 Å². The Morgan fingerprint density at radius 2 is 1.93 bits per heavy atom. The number of nitrogens with two attached hydrogens (primary N) is 1. The molecule has 0 amide bonds. The van der Waals surface area contributed by atoms with Gasteiger partial charge in [-0.3, -0.25) is 4.79 Å². The first-order chi connectivity index (χ1) is 13.7. The predicted octanol–water partition coefficient (Wildman–Crippen LogP) is 2.98. The zero-order chi connectivity index (χ0) is 20.6. The fourth-order valence-corrected chi connectivity index (χ4v) is 7.62. The second kappa shape index (κ2) is 6.20. The molecule has 3 unspecified atom stereocenters. The number of carbonyl (C=O) groups is 1. The highest BCUT2D eigenvalue weighted by molar-refractivity contribution is 7.91. The smallest absolute Gasteiger partial charge is 0.329 e. The number of hydrogen-bond donors (Lipinski definition) is 2. The van der Waals surface area contributed by atoms with Gasteiger partial charge in [0, 0.05) is 5.41 Å². The first-order valence-corrected chi connectivity index (χ1v) is 12.3. The first kappa shape index (κ1) is 19.4. The molecule has 4 aliphatic carbocycles. The van der Waals surface area contributed by atoms with Crippen LogP contribution in [0.1, 0.15) is 68.9 Å². The van der Waals surface area contributed by atoms with Crippen LogP contribution in [0.2, 0.25) is 0 Å². The van der Waals surface area contributed by atoms with Crippen LogP contribution in [0.5, 0.6) is 5.75 Å². The van der Waals surface area contributed by atoms with Crippen molar-refractivity contribution in [3.05, 3.63) is 29.3 Å². The second-order valence-corrected chi connectivity index (χ2v) is 11.7. The van der Waals surface area contributed by atoms with E-state index in [1.54, 1.807) is 6.07 Å². The van der Waals surface area contributed by atoms with E-state index in [0.29, 0.717) is 23.5 Å². The molecule has 4 aliphatic rings. The molecule has 0 bridgehead atoms. The maximum Gasteiger partial charge on any atom is 0.329 e. The van der Waals surface area contributed by atoms with Gasteiger partial charge >= 0.3 is 5.97 Å². The Bertz CT molecular complexity index is 969. The summed E-state index contributed by atoms with van der Waals surface area (Å²) in [5.74, 6) is 1.19. The van der Waals surface area contributed by atoms with Crippen molar-refractivity contribution < 1.29 is 23.1 Å². The molecular formula is C22H29NO5S. The molecular weight excluding hydrogens is 390 g/mol. The number of benzene rings is 1. The van der Waals surface area contributed by atoms with Gasteiger partial charge in [-0.15, -0.1) is 0 Å². The highest BCUT2D eigenvalue weighted by atomic mass is 32.2. The molecule has 0 saturated heterocycles. The van der Waals surface area contributed by atoms with Crippen LogP contribution in [0.4, 0.5) is 0 Å². The standard InChI is InChI=1S/C22H29NO5S/c1-21-9-8-16-15-5-3-14(24)12-13(15)2-4-17(16)18(21)6-7-19(21)28-20(25)22(10-11-22)29(23,26)27/h3,5,12,16-19,24H,2,4,6-11H2,1H3,(H2,23,26,27)/t16?,17?,18?,19-,21-/m0/s1. The molecule has 0 aromatic heterocycles. The fraction of sp³-hybridized carbons (Fsp3) is 0.682. The number of aryl methyl sites for hydroxylation is 1. The summed E-state index contributed by atoms with van der Waals surface area (Å²) in [6.45, 7) is 2.22. The Morgan fingerprint density at radius 1 is 1.17 bits per heavy atom. The molecule has 1 aromatic carbocycles. The molecule has 6 nitrogen and oxygen atoms in total. The van der Waals surface area contributed by atoms with Crippen LogP contribution in [0, 0.1) is 17.3 Å². The van der Waals surface area contributed by atoms with Crippen molar-refractivity contribution in [2.24, 2.45) is 22.4 Å². The van der Waals surface area contributed by atoms with Gasteiger partial charge < -0.3 is 9.84 Å². The number of fused-ring (bicyclic) bond motifs is 5. The van der Waals surface area contributed by atoms with E-state index in [1.807, 2.05) is 6.07 Å². The Balaban J connectivity index is 1.37. The monoisotopic (exact) mass is 419 g/mol. The summed E-state index contributed by atoms with van der Waals surface area (Å²) in [7, 11) is -3.93. The molecule has 1 aromatic rings. The topological polar surface area (TPSA) is 107 Å². The van der Waals surface area contributed by atoms with Crippen LogP contribution in [0.3, 0.4) is 0 Å². The number of primary sulfonamides is 1. The Morgan fingerprint density at radius 3 is 2.62 bits per heavy atom. The van der Waals surface area contributed by atoms with Gasteiger partial charge in [0.25, 0.3) is 0 Å². The van der Waals surface area contributed by atoms with Gasteiger partial charge in [0.05, 0.1) is 0 Å². The van der Waals surface area contributed by atoms with Crippen molar-refractivity contribution in [1.29, 1.82) is 0 Å². The third-order valence-electron chi connectivity index (χ3n) is 8.49. The zero-order valence-electron chi connectivity index (χ0n) is 16.8. The normalized spacial score (nSPS) is 37.2. The SMILES string of the molecule is C[C@]12CCC3c4ccc(O)cc4CCC3C1CC[C@@H]2OC(=O)C1(S(N)(=O)=O)CC1. The second-order valence-electron chi connectivity index (χ2n) is 9.85. The maximum absolute atomic E-state index is 12.7. The third kappa shape index (κ3) is 2.76. The summed E-state index contributed by atoms with van der Waals surface area (Å²) in [5.41, 5.74) is 2.52. The number of hydrogen-bond acceptors (Lipinski definition) is 5. The Hall–Kier alpha value is -1.60. The van der Waals surface area contributed by atoms with E-state index < -0.39 is 20.7 Å². The van der Waals surface area contributed by atoms with Gasteiger partial charge in [-0.05, 0) is 92.4 Å². The lowest BCUT2D eigenvalue weighted by atomic mass is 9.55. The van der Waals surface area contributed by atoms with E-state index in [0.717, 1.165) is 38.5 Å². The molecule has 0 heterocycles. The minimum Gasteiger partial charge on any atom is -0.508 e. The fourth-order valence-electron chi connectivity index (χ4n) is 6.67. The number of sulfonamides is 1. The number of carbonyl (C=O) groups excluding carboxylic acids is 1. The van der Waals surface area contributed by atoms with Crippen LogP contribution in [-0.4, -0.2) is 30.3 Å². The van der Waals surface area contributed by atoms with E-state index in [4.69, 9.17) is 9.88 Å². The average Bonchev–Trinajstić information content (AvgIpc) is 3.42. The van der Waals surface area contributed by atoms with Crippen molar-refractivity contribution in [3.8, 4) is 5.75 Å². The largest absolute Gasteiger partial charge is 0.508 e. The van der Waals surface area contributed by atoms with Crippen LogP contribution >= 0.6 is 0 Å². The molecule has 3 saturated carbocycles. The van der Waals surface area contributed by atoms with E-state index in [9.17, 15) is 18.3 Å². The van der Waals surface area contributed by atoms with Gasteiger partial charge in [0.1, 0.15) is 11.9 Å². The molecule has 0 spiro atoms. The van der Waals surface area contributed by atoms with Gasteiger partial charge in [0.2, 0.25) is 10.0 Å². The third-order valence-corrected chi connectivity index (χ3v) is 10.2. The van der Waals surface area contributed by atoms with Gasteiger partial charge in [-0.1, -0.05) is 13.0 Å². The van der Waals surface area contributed by atoms with Crippen molar-refractivity contribution in [2.45, 2.75) is 75.1 Å². The molecule has 7 heteroatoms. The summed E-state index contributed by atoms with van der Waals surface area (Å²) >= 11 is 0. The van der Waals surface area contributed by atoms with Gasteiger partial charge in [-0.2, -0.15) is 0 Å². The lowest BCUT2D eigenvalue weighted by Gasteiger charge is -2.50. The quantitative estimate of drug-likeness (QED) is 0.733. The van der Waals surface area contributed by atoms with E-state index >= 15 is 0 Å². The van der Waals surface area contributed by atoms with Gasteiger partial charge in [0.15, 0.2) is 4.75 Å². The van der Waals surface area contributed by atoms with Crippen molar-refractivity contribution in [3.63, 3.8) is 0 Å². The zero-order valence-corrected chi connectivity index (χ0v) is 17.6. The lowest BCUT2D eigenvalue weighted by Crippen LogP contribution is -2.47. The summed E-state index contributed by atoms with van der Waals surface area (Å²) in [5, 5.41) is 15.1. The molecule has 3 fully saturated rings. The maximum atomic E-state index is 12.7. The minimum atomic E-state index is -3.93. The van der Waals surface area contributed by atoms with Crippen LogP contribution in [-0.2, 0) is 26.0 Å². The van der Waals surface area contributed by atoms with E-state index in [1.165, 1.54) is 11.1 Å². The lowest BCUT2D eigenvalue weighted by molar-refractivity contribution is -0.158. The number of phenolic OH excluding ortho intramolecular Hbond substituents is 1. The summed E-state index contributed by atoms with van der Waals surface area (Å²) in [4.78, 5) is 12.7. The number of rotatable bonds is 3. The summed E-state index contributed by atoms with van der Waals surface area (Å²) in [6, 6.07) is 5.77. The number of phenols is 1. The molecule has 5 rings (SSSR count). The Kier molecular flexibility index (Phi) is 4.14. The average molecular weight is 420 g/mol. The summed E-state index contributed by atoms with van der Waals surface area (Å²) < 4.78 is 28.1. The minimum absolute atomic E-state index is 0.111. The molecule has 29 heavy (non-hydrogen) atoms. The number of esters is 1. The van der Waals surface area contributed by atoms with Gasteiger partial charge in [-0.25, -0.2) is 13.6 Å². The number of ether oxygens (including phenoxy) is 1. The highest BCUT2D eigenvalue weighted by Crippen LogP contribution is 2.62. The van der Waals surface area contributed by atoms with Crippen LogP contribution < -0.4 is 5.14 Å². The van der Waals surface area contributed by atoms with Crippen molar-refractivity contribution >= 4 is 16.0 Å². The highest BCUT2D eigenvalue weighted by Gasteiger charge is 2.63.